The van der Waals surface area contributed by atoms with E-state index < -0.39 is 11.4 Å². The van der Waals surface area contributed by atoms with Gasteiger partial charge in [-0.1, -0.05) is 11.6 Å². The molecular formula is C20H13ClN4O4. The van der Waals surface area contributed by atoms with E-state index in [1.807, 2.05) is 0 Å². The van der Waals surface area contributed by atoms with Gasteiger partial charge in [0, 0.05) is 22.3 Å². The summed E-state index contributed by atoms with van der Waals surface area (Å²) in [4.78, 5) is 24.8. The molecule has 0 atom stereocenters. The Morgan fingerprint density at radius 3 is 2.48 bits per heavy atom. The topological polar surface area (TPSA) is 100 Å². The number of aryl methyl sites for hydroxylation is 1. The van der Waals surface area contributed by atoms with Gasteiger partial charge < -0.3 is 9.15 Å². The molecule has 144 valence electrons. The minimum absolute atomic E-state index is 0.248. The maximum atomic E-state index is 12.5. The van der Waals surface area contributed by atoms with E-state index in [9.17, 15) is 9.59 Å². The summed E-state index contributed by atoms with van der Waals surface area (Å²) in [6, 6.07) is 14.6. The van der Waals surface area contributed by atoms with Crippen molar-refractivity contribution in [2.45, 2.75) is 6.92 Å². The first-order chi connectivity index (χ1) is 14.0. The van der Waals surface area contributed by atoms with Crippen molar-refractivity contribution in [3.8, 4) is 22.9 Å². The second-order valence-electron chi connectivity index (χ2n) is 6.04. The van der Waals surface area contributed by atoms with Crippen molar-refractivity contribution in [3.05, 3.63) is 87.6 Å². The van der Waals surface area contributed by atoms with Crippen LogP contribution in [0.5, 0.6) is 5.75 Å². The van der Waals surface area contributed by atoms with E-state index in [2.05, 4.69) is 15.3 Å². The molecule has 0 bridgehead atoms. The molecule has 0 fully saturated rings. The van der Waals surface area contributed by atoms with Gasteiger partial charge in [0.05, 0.1) is 5.69 Å². The van der Waals surface area contributed by atoms with E-state index in [-0.39, 0.29) is 11.4 Å². The standard InChI is InChI=1S/C20H13ClN4O4/c1-12-10-17(26)18(24-25(12)15-6-4-14(21)5-7-15)20(27)29-16-8-2-13(3-9-16)19-23-22-11-28-19/h2-11H,1H3. The Kier molecular flexibility index (Phi) is 4.92. The molecule has 0 unspecified atom stereocenters. The van der Waals surface area contributed by atoms with Gasteiger partial charge in [0.25, 0.3) is 0 Å². The monoisotopic (exact) mass is 408 g/mol. The third kappa shape index (κ3) is 3.92. The average molecular weight is 409 g/mol. The third-order valence-electron chi connectivity index (χ3n) is 4.04. The van der Waals surface area contributed by atoms with Crippen LogP contribution in [0.2, 0.25) is 5.02 Å². The first-order valence-corrected chi connectivity index (χ1v) is 8.85. The first-order valence-electron chi connectivity index (χ1n) is 8.47. The van der Waals surface area contributed by atoms with Gasteiger partial charge in [0.15, 0.2) is 0 Å². The Bertz CT molecular complexity index is 1220. The van der Waals surface area contributed by atoms with Crippen molar-refractivity contribution in [1.82, 2.24) is 20.0 Å². The number of nitrogens with zero attached hydrogens (tertiary/aromatic N) is 4. The van der Waals surface area contributed by atoms with Gasteiger partial charge in [0.1, 0.15) is 5.75 Å². The van der Waals surface area contributed by atoms with E-state index >= 15 is 0 Å². The molecule has 0 saturated carbocycles. The summed E-state index contributed by atoms with van der Waals surface area (Å²) in [7, 11) is 0. The van der Waals surface area contributed by atoms with Crippen LogP contribution in [0.4, 0.5) is 0 Å². The Morgan fingerprint density at radius 1 is 1.10 bits per heavy atom. The van der Waals surface area contributed by atoms with E-state index in [4.69, 9.17) is 20.8 Å². The lowest BCUT2D eigenvalue weighted by atomic mass is 10.2. The van der Waals surface area contributed by atoms with Crippen LogP contribution in [-0.4, -0.2) is 25.9 Å². The van der Waals surface area contributed by atoms with Gasteiger partial charge in [-0.05, 0) is 55.5 Å². The number of hydrogen-bond donors (Lipinski definition) is 0. The Labute approximate surface area is 169 Å². The molecule has 0 spiro atoms. The number of ether oxygens (including phenoxy) is 1. The summed E-state index contributed by atoms with van der Waals surface area (Å²) in [6.07, 6.45) is 1.22. The zero-order valence-electron chi connectivity index (χ0n) is 15.1. The molecular weight excluding hydrogens is 396 g/mol. The number of benzene rings is 2. The number of halogens is 1. The van der Waals surface area contributed by atoms with Crippen LogP contribution in [0.3, 0.4) is 0 Å². The predicted molar refractivity (Wildman–Crippen MR) is 104 cm³/mol. The van der Waals surface area contributed by atoms with Crippen LogP contribution in [0, 0.1) is 6.92 Å². The molecule has 0 aliphatic heterocycles. The number of carbonyl (C=O) groups is 1. The maximum absolute atomic E-state index is 12.5. The van der Waals surface area contributed by atoms with Crippen molar-refractivity contribution < 1.29 is 13.9 Å². The molecule has 0 amide bonds. The SMILES string of the molecule is Cc1cc(=O)c(C(=O)Oc2ccc(-c3nnco3)cc2)nn1-c1ccc(Cl)cc1. The maximum Gasteiger partial charge on any atom is 0.368 e. The van der Waals surface area contributed by atoms with Crippen molar-refractivity contribution in [2.75, 3.05) is 0 Å². The molecule has 4 rings (SSSR count). The number of carbonyl (C=O) groups excluding carboxylic acids is 1. The van der Waals surface area contributed by atoms with E-state index in [0.717, 1.165) is 0 Å². The summed E-state index contributed by atoms with van der Waals surface area (Å²) >= 11 is 5.91. The summed E-state index contributed by atoms with van der Waals surface area (Å²) < 4.78 is 11.9. The van der Waals surface area contributed by atoms with E-state index in [1.165, 1.54) is 17.1 Å². The highest BCUT2D eigenvalue weighted by molar-refractivity contribution is 6.30. The fraction of sp³-hybridized carbons (Fsp3) is 0.0500. The lowest BCUT2D eigenvalue weighted by molar-refractivity contribution is 0.0725. The van der Waals surface area contributed by atoms with Crippen LogP contribution in [-0.2, 0) is 0 Å². The van der Waals surface area contributed by atoms with Crippen LogP contribution < -0.4 is 10.2 Å². The molecule has 4 aromatic rings. The van der Waals surface area contributed by atoms with Crippen molar-refractivity contribution in [3.63, 3.8) is 0 Å². The lowest BCUT2D eigenvalue weighted by Crippen LogP contribution is -2.25. The molecule has 0 N–H and O–H groups in total. The minimum atomic E-state index is -0.858. The summed E-state index contributed by atoms with van der Waals surface area (Å²) in [6.45, 7) is 1.72. The molecule has 2 aromatic heterocycles. The molecule has 0 aliphatic carbocycles. The minimum Gasteiger partial charge on any atom is -0.423 e. The Hall–Kier alpha value is -3.78. The number of aromatic nitrogens is 4. The van der Waals surface area contributed by atoms with Crippen molar-refractivity contribution in [1.29, 1.82) is 0 Å². The number of hydrogen-bond acceptors (Lipinski definition) is 7. The van der Waals surface area contributed by atoms with Gasteiger partial charge in [-0.15, -0.1) is 10.2 Å². The summed E-state index contributed by atoms with van der Waals surface area (Å²) in [5, 5.41) is 12.2. The molecule has 2 heterocycles. The second-order valence-corrected chi connectivity index (χ2v) is 6.48. The highest BCUT2D eigenvalue weighted by Crippen LogP contribution is 2.21. The molecule has 0 aliphatic rings. The molecule has 0 saturated heterocycles. The summed E-state index contributed by atoms with van der Waals surface area (Å²) in [5.41, 5.74) is 1.04. The largest absolute Gasteiger partial charge is 0.423 e. The fourth-order valence-corrected chi connectivity index (χ4v) is 2.78. The van der Waals surface area contributed by atoms with Crippen molar-refractivity contribution in [2.24, 2.45) is 0 Å². The normalized spacial score (nSPS) is 10.7. The molecule has 8 nitrogen and oxygen atoms in total. The zero-order chi connectivity index (χ0) is 20.4. The lowest BCUT2D eigenvalue weighted by Gasteiger charge is -2.11. The highest BCUT2D eigenvalue weighted by atomic mass is 35.5. The molecule has 2 aromatic carbocycles. The first kappa shape index (κ1) is 18.6. The third-order valence-corrected chi connectivity index (χ3v) is 4.30. The molecule has 0 radical (unpaired) electrons. The van der Waals surface area contributed by atoms with Crippen molar-refractivity contribution >= 4 is 17.6 Å². The number of esters is 1. The highest BCUT2D eigenvalue weighted by Gasteiger charge is 2.18. The van der Waals surface area contributed by atoms with Gasteiger partial charge in [-0.3, -0.25) is 4.79 Å². The zero-order valence-corrected chi connectivity index (χ0v) is 15.8. The van der Waals surface area contributed by atoms with Crippen LogP contribution in [0.15, 0.2) is 70.2 Å². The Balaban J connectivity index is 1.60. The van der Waals surface area contributed by atoms with Gasteiger partial charge in [0.2, 0.25) is 23.4 Å². The average Bonchev–Trinajstić information content (AvgIpc) is 3.24. The molecule has 9 heteroatoms. The fourth-order valence-electron chi connectivity index (χ4n) is 2.65. The van der Waals surface area contributed by atoms with Crippen LogP contribution >= 0.6 is 11.6 Å². The van der Waals surface area contributed by atoms with E-state index in [1.54, 1.807) is 55.5 Å². The number of rotatable bonds is 4. The quantitative estimate of drug-likeness (QED) is 0.376. The van der Waals surface area contributed by atoms with Crippen LogP contribution in [0.25, 0.3) is 17.1 Å². The Morgan fingerprint density at radius 2 is 1.83 bits per heavy atom. The van der Waals surface area contributed by atoms with Crippen LogP contribution in [0.1, 0.15) is 16.2 Å². The summed E-state index contributed by atoms with van der Waals surface area (Å²) in [5.74, 6) is -0.268. The smallest absolute Gasteiger partial charge is 0.368 e. The van der Waals surface area contributed by atoms with Gasteiger partial charge in [-0.25, -0.2) is 9.48 Å². The second kappa shape index (κ2) is 7.69. The predicted octanol–water partition coefficient (Wildman–Crippen LogP) is 3.46. The van der Waals surface area contributed by atoms with Gasteiger partial charge in [-0.2, -0.15) is 5.10 Å². The van der Waals surface area contributed by atoms with E-state index in [0.29, 0.717) is 27.9 Å². The van der Waals surface area contributed by atoms with Gasteiger partial charge >= 0.3 is 5.97 Å². The molecule has 29 heavy (non-hydrogen) atoms.